The largest absolute Gasteiger partial charge is 0.399 e. The summed E-state index contributed by atoms with van der Waals surface area (Å²) in [5, 5.41) is 0. The van der Waals surface area contributed by atoms with Gasteiger partial charge in [-0.2, -0.15) is 0 Å². The molecular weight excluding hydrogens is 352 g/mol. The predicted octanol–water partition coefficient (Wildman–Crippen LogP) is 1.80. The Morgan fingerprint density at radius 3 is 2.73 bits per heavy atom. The molecular formula is C18H24N4O3S. The zero-order valence-corrected chi connectivity index (χ0v) is 16.1. The molecule has 1 atom stereocenters. The van der Waals surface area contributed by atoms with Crippen LogP contribution < -0.4 is 10.6 Å². The van der Waals surface area contributed by atoms with Crippen LogP contribution in [-0.4, -0.2) is 50.4 Å². The van der Waals surface area contributed by atoms with E-state index in [-0.39, 0.29) is 11.8 Å². The predicted molar refractivity (Wildman–Crippen MR) is 103 cm³/mol. The number of morpholine rings is 1. The molecule has 0 bridgehead atoms. The zero-order valence-electron chi connectivity index (χ0n) is 15.3. The van der Waals surface area contributed by atoms with Crippen molar-refractivity contribution >= 4 is 21.3 Å². The zero-order chi connectivity index (χ0) is 18.9. The van der Waals surface area contributed by atoms with E-state index >= 15 is 0 Å². The van der Waals surface area contributed by atoms with Crippen LogP contribution in [0.4, 0.5) is 11.5 Å². The van der Waals surface area contributed by atoms with Crippen molar-refractivity contribution in [3.05, 3.63) is 35.5 Å². The van der Waals surface area contributed by atoms with Gasteiger partial charge in [0, 0.05) is 30.1 Å². The van der Waals surface area contributed by atoms with Gasteiger partial charge in [0.1, 0.15) is 5.82 Å². The van der Waals surface area contributed by atoms with Crippen LogP contribution in [0.5, 0.6) is 0 Å². The Morgan fingerprint density at radius 1 is 1.31 bits per heavy atom. The first kappa shape index (κ1) is 18.6. The smallest absolute Gasteiger partial charge is 0.161 e. The molecule has 7 nitrogen and oxygen atoms in total. The van der Waals surface area contributed by atoms with Gasteiger partial charge < -0.3 is 15.4 Å². The van der Waals surface area contributed by atoms with E-state index < -0.39 is 9.84 Å². The van der Waals surface area contributed by atoms with Crippen LogP contribution in [0.3, 0.4) is 0 Å². The second-order valence-electron chi connectivity index (χ2n) is 6.80. The number of nitrogen functional groups attached to an aromatic ring is 1. The molecule has 2 heterocycles. The van der Waals surface area contributed by atoms with Gasteiger partial charge in [-0.3, -0.25) is 0 Å². The van der Waals surface area contributed by atoms with Gasteiger partial charge in [0.15, 0.2) is 15.7 Å². The first-order valence-corrected chi connectivity index (χ1v) is 10.6. The van der Waals surface area contributed by atoms with Crippen molar-refractivity contribution in [1.82, 2.24) is 9.97 Å². The maximum atomic E-state index is 11.8. The normalized spacial score (nSPS) is 18.1. The van der Waals surface area contributed by atoms with Crippen LogP contribution >= 0.6 is 0 Å². The Kier molecular flexibility index (Phi) is 5.15. The topological polar surface area (TPSA) is 98.4 Å². The lowest BCUT2D eigenvalue weighted by molar-refractivity contribution is 0.0985. The monoisotopic (exact) mass is 376 g/mol. The maximum absolute atomic E-state index is 11.8. The lowest BCUT2D eigenvalue weighted by Gasteiger charge is -2.34. The maximum Gasteiger partial charge on any atom is 0.161 e. The standard InChI is InChI=1S/C18H24N4O3S/c1-12-8-14(4-5-16(12)19)18-20-15(11-26(3,23)24)9-17(21-18)22-6-7-25-10-13(22)2/h4-5,8-9,13H,6-7,10-11,19H2,1-3H3/t13-/m0/s1. The summed E-state index contributed by atoms with van der Waals surface area (Å²) in [4.78, 5) is 11.3. The third kappa shape index (κ3) is 4.31. The van der Waals surface area contributed by atoms with Gasteiger partial charge in [-0.05, 0) is 37.6 Å². The summed E-state index contributed by atoms with van der Waals surface area (Å²) in [6, 6.07) is 7.51. The Bertz CT molecular complexity index is 915. The van der Waals surface area contributed by atoms with Gasteiger partial charge in [0.05, 0.1) is 30.7 Å². The minimum absolute atomic E-state index is 0.123. The van der Waals surface area contributed by atoms with Gasteiger partial charge in [-0.15, -0.1) is 0 Å². The molecule has 0 radical (unpaired) electrons. The number of hydrogen-bond acceptors (Lipinski definition) is 7. The molecule has 1 saturated heterocycles. The Morgan fingerprint density at radius 2 is 2.08 bits per heavy atom. The molecule has 8 heteroatoms. The van der Waals surface area contributed by atoms with Crippen molar-refractivity contribution in [3.63, 3.8) is 0 Å². The highest BCUT2D eigenvalue weighted by Gasteiger charge is 2.22. The third-order valence-corrected chi connectivity index (χ3v) is 5.19. The molecule has 0 spiro atoms. The molecule has 2 aromatic rings. The molecule has 0 amide bonds. The molecule has 26 heavy (non-hydrogen) atoms. The van der Waals surface area contributed by atoms with Gasteiger partial charge in [0.25, 0.3) is 0 Å². The summed E-state index contributed by atoms with van der Waals surface area (Å²) >= 11 is 0. The fraction of sp³-hybridized carbons (Fsp3) is 0.444. The number of nitrogens with two attached hydrogens (primary N) is 1. The van der Waals surface area contributed by atoms with Crippen molar-refractivity contribution in [2.24, 2.45) is 0 Å². The quantitative estimate of drug-likeness (QED) is 0.813. The molecule has 1 aromatic carbocycles. The molecule has 3 rings (SSSR count). The number of hydrogen-bond donors (Lipinski definition) is 1. The van der Waals surface area contributed by atoms with Gasteiger partial charge >= 0.3 is 0 Å². The van der Waals surface area contributed by atoms with E-state index in [1.165, 1.54) is 6.26 Å². The van der Waals surface area contributed by atoms with E-state index in [4.69, 9.17) is 15.5 Å². The minimum Gasteiger partial charge on any atom is -0.399 e. The van der Waals surface area contributed by atoms with Crippen LogP contribution in [0.25, 0.3) is 11.4 Å². The van der Waals surface area contributed by atoms with Gasteiger partial charge in [-0.25, -0.2) is 18.4 Å². The average Bonchev–Trinajstić information content (AvgIpc) is 2.56. The second-order valence-corrected chi connectivity index (χ2v) is 8.94. The van der Waals surface area contributed by atoms with E-state index in [0.29, 0.717) is 37.0 Å². The molecule has 0 saturated carbocycles. The van der Waals surface area contributed by atoms with E-state index in [1.54, 1.807) is 6.07 Å². The Hall–Kier alpha value is -2.19. The van der Waals surface area contributed by atoms with Crippen LogP contribution in [0.2, 0.25) is 0 Å². The van der Waals surface area contributed by atoms with Crippen molar-refractivity contribution < 1.29 is 13.2 Å². The summed E-state index contributed by atoms with van der Waals surface area (Å²) < 4.78 is 29.1. The van der Waals surface area contributed by atoms with Crippen molar-refractivity contribution in [3.8, 4) is 11.4 Å². The second kappa shape index (κ2) is 7.20. The molecule has 140 valence electrons. The fourth-order valence-electron chi connectivity index (χ4n) is 2.98. The number of sulfone groups is 1. The highest BCUT2D eigenvalue weighted by Crippen LogP contribution is 2.25. The average molecular weight is 376 g/mol. The van der Waals surface area contributed by atoms with Crippen molar-refractivity contribution in [2.75, 3.05) is 36.6 Å². The Labute approximate surface area is 154 Å². The fourth-order valence-corrected chi connectivity index (χ4v) is 3.67. The van der Waals surface area contributed by atoms with Crippen LogP contribution in [0.1, 0.15) is 18.2 Å². The summed E-state index contributed by atoms with van der Waals surface area (Å²) in [5.41, 5.74) is 8.83. The lowest BCUT2D eigenvalue weighted by Crippen LogP contribution is -2.44. The van der Waals surface area contributed by atoms with Gasteiger partial charge in [0.2, 0.25) is 0 Å². The lowest BCUT2D eigenvalue weighted by atomic mass is 10.1. The summed E-state index contributed by atoms with van der Waals surface area (Å²) in [7, 11) is -3.21. The molecule has 1 aliphatic rings. The van der Waals surface area contributed by atoms with E-state index in [9.17, 15) is 8.42 Å². The first-order valence-electron chi connectivity index (χ1n) is 8.49. The Balaban J connectivity index is 2.09. The van der Waals surface area contributed by atoms with Crippen LogP contribution in [0, 0.1) is 6.92 Å². The molecule has 2 N–H and O–H groups in total. The number of anilines is 2. The van der Waals surface area contributed by atoms with E-state index in [0.717, 1.165) is 16.9 Å². The summed E-state index contributed by atoms with van der Waals surface area (Å²) in [6.45, 7) is 5.92. The number of rotatable bonds is 4. The van der Waals surface area contributed by atoms with Crippen LogP contribution in [-0.2, 0) is 20.3 Å². The third-order valence-electron chi connectivity index (χ3n) is 4.37. The molecule has 0 aliphatic carbocycles. The molecule has 1 fully saturated rings. The summed E-state index contributed by atoms with van der Waals surface area (Å²) in [6.07, 6.45) is 1.21. The highest BCUT2D eigenvalue weighted by molar-refractivity contribution is 7.89. The molecule has 1 aromatic heterocycles. The van der Waals surface area contributed by atoms with E-state index in [1.807, 2.05) is 25.1 Å². The molecule has 0 unspecified atom stereocenters. The SMILES string of the molecule is Cc1cc(-c2nc(CS(C)(=O)=O)cc(N3CCOC[C@@H]3C)n2)ccc1N. The number of ether oxygens (including phenoxy) is 1. The number of aryl methyl sites for hydroxylation is 1. The van der Waals surface area contributed by atoms with Crippen LogP contribution in [0.15, 0.2) is 24.3 Å². The molecule has 1 aliphatic heterocycles. The number of aromatic nitrogens is 2. The van der Waals surface area contributed by atoms with Gasteiger partial charge in [-0.1, -0.05) is 0 Å². The number of nitrogens with zero attached hydrogens (tertiary/aromatic N) is 3. The summed E-state index contributed by atoms with van der Waals surface area (Å²) in [5.74, 6) is 1.10. The van der Waals surface area contributed by atoms with Crippen molar-refractivity contribution in [2.45, 2.75) is 25.6 Å². The van der Waals surface area contributed by atoms with Crippen molar-refractivity contribution in [1.29, 1.82) is 0 Å². The highest BCUT2D eigenvalue weighted by atomic mass is 32.2. The first-order chi connectivity index (χ1) is 12.2. The minimum atomic E-state index is -3.21. The van der Waals surface area contributed by atoms with E-state index in [2.05, 4.69) is 16.8 Å². The number of benzene rings is 1.